The van der Waals surface area contributed by atoms with Crippen molar-refractivity contribution < 1.29 is 4.42 Å². The lowest BCUT2D eigenvalue weighted by Crippen LogP contribution is -2.15. The third-order valence-electron chi connectivity index (χ3n) is 4.16. The van der Waals surface area contributed by atoms with E-state index in [1.807, 2.05) is 55.6 Å². The molecular weight excluding hydrogens is 320 g/mol. The van der Waals surface area contributed by atoms with E-state index >= 15 is 0 Å². The molecule has 0 radical (unpaired) electrons. The summed E-state index contributed by atoms with van der Waals surface area (Å²) in [4.78, 5) is 19.1. The summed E-state index contributed by atoms with van der Waals surface area (Å²) < 4.78 is 6.62. The third kappa shape index (κ3) is 2.47. The number of benzene rings is 2. The first-order valence-electron chi connectivity index (χ1n) is 7.80. The van der Waals surface area contributed by atoms with Gasteiger partial charge >= 0.3 is 5.63 Å². The van der Waals surface area contributed by atoms with Gasteiger partial charge in [0.1, 0.15) is 10.6 Å². The number of aromatic nitrogens is 1. The van der Waals surface area contributed by atoms with Gasteiger partial charge in [0.2, 0.25) is 0 Å². The SMILES string of the molecule is CCN(C)c1ccc2cc(-c3nc4ccccc4s3)c(=O)oc2c1. The minimum absolute atomic E-state index is 0.349. The summed E-state index contributed by atoms with van der Waals surface area (Å²) in [5.41, 5.74) is 2.69. The average molecular weight is 336 g/mol. The van der Waals surface area contributed by atoms with Crippen LogP contribution in [0.5, 0.6) is 0 Å². The van der Waals surface area contributed by atoms with Gasteiger partial charge in [0.15, 0.2) is 0 Å². The largest absolute Gasteiger partial charge is 0.422 e. The number of thiazole rings is 1. The van der Waals surface area contributed by atoms with Crippen LogP contribution in [-0.4, -0.2) is 18.6 Å². The van der Waals surface area contributed by atoms with Crippen LogP contribution in [-0.2, 0) is 0 Å². The van der Waals surface area contributed by atoms with E-state index in [0.29, 0.717) is 16.2 Å². The van der Waals surface area contributed by atoms with Gasteiger partial charge in [-0.1, -0.05) is 12.1 Å². The quantitative estimate of drug-likeness (QED) is 0.516. The van der Waals surface area contributed by atoms with Crippen LogP contribution in [0, 0.1) is 0 Å². The second-order valence-corrected chi connectivity index (χ2v) is 6.70. The highest BCUT2D eigenvalue weighted by Gasteiger charge is 2.13. The van der Waals surface area contributed by atoms with Crippen molar-refractivity contribution in [2.45, 2.75) is 6.92 Å². The molecule has 4 rings (SSSR count). The molecule has 0 fully saturated rings. The first-order chi connectivity index (χ1) is 11.7. The van der Waals surface area contributed by atoms with Crippen LogP contribution in [0.2, 0.25) is 0 Å². The topological polar surface area (TPSA) is 46.3 Å². The zero-order valence-electron chi connectivity index (χ0n) is 13.4. The molecule has 0 aliphatic carbocycles. The predicted octanol–water partition coefficient (Wildman–Crippen LogP) is 4.53. The minimum atomic E-state index is -0.349. The molecule has 24 heavy (non-hydrogen) atoms. The zero-order chi connectivity index (χ0) is 16.7. The van der Waals surface area contributed by atoms with Crippen LogP contribution < -0.4 is 10.5 Å². The summed E-state index contributed by atoms with van der Waals surface area (Å²) in [5.74, 6) is 0. The van der Waals surface area contributed by atoms with Crippen LogP contribution >= 0.6 is 11.3 Å². The number of hydrogen-bond donors (Lipinski definition) is 0. The molecule has 0 saturated heterocycles. The highest BCUT2D eigenvalue weighted by molar-refractivity contribution is 7.21. The minimum Gasteiger partial charge on any atom is -0.422 e. The van der Waals surface area contributed by atoms with Crippen LogP contribution in [0.25, 0.3) is 31.8 Å². The summed E-state index contributed by atoms with van der Waals surface area (Å²) in [5, 5.41) is 1.60. The van der Waals surface area contributed by atoms with E-state index in [9.17, 15) is 4.79 Å². The highest BCUT2D eigenvalue weighted by Crippen LogP contribution is 2.30. The number of anilines is 1. The zero-order valence-corrected chi connectivity index (χ0v) is 14.3. The van der Waals surface area contributed by atoms with Gasteiger partial charge in [0.25, 0.3) is 0 Å². The van der Waals surface area contributed by atoms with Crippen molar-refractivity contribution in [3.05, 3.63) is 59.0 Å². The predicted molar refractivity (Wildman–Crippen MR) is 100 cm³/mol. The van der Waals surface area contributed by atoms with E-state index in [1.54, 1.807) is 0 Å². The normalized spacial score (nSPS) is 11.2. The second-order valence-electron chi connectivity index (χ2n) is 5.67. The number of nitrogens with zero attached hydrogens (tertiary/aromatic N) is 2. The molecule has 4 nitrogen and oxygen atoms in total. The smallest absolute Gasteiger partial charge is 0.346 e. The standard InChI is InChI=1S/C19H16N2O2S/c1-3-21(2)13-9-8-12-10-14(19(22)23-16(12)11-13)18-20-15-6-4-5-7-17(15)24-18/h4-11H,3H2,1-2H3. The molecule has 0 unspecified atom stereocenters. The van der Waals surface area contributed by atoms with Gasteiger partial charge in [-0.25, -0.2) is 9.78 Å². The molecule has 0 aliphatic rings. The Morgan fingerprint density at radius 3 is 2.79 bits per heavy atom. The van der Waals surface area contributed by atoms with Gasteiger partial charge in [-0.2, -0.15) is 0 Å². The Morgan fingerprint density at radius 2 is 2.00 bits per heavy atom. The molecule has 4 aromatic rings. The second kappa shape index (κ2) is 5.76. The van der Waals surface area contributed by atoms with E-state index in [4.69, 9.17) is 4.42 Å². The van der Waals surface area contributed by atoms with Gasteiger partial charge in [0, 0.05) is 30.7 Å². The van der Waals surface area contributed by atoms with Gasteiger partial charge in [-0.3, -0.25) is 0 Å². The van der Waals surface area contributed by atoms with E-state index < -0.39 is 0 Å². The van der Waals surface area contributed by atoms with Crippen LogP contribution in [0.15, 0.2) is 57.7 Å². The first kappa shape index (κ1) is 14.9. The number of hydrogen-bond acceptors (Lipinski definition) is 5. The number of fused-ring (bicyclic) bond motifs is 2. The fourth-order valence-corrected chi connectivity index (χ4v) is 3.63. The van der Waals surface area contributed by atoms with Gasteiger partial charge in [-0.15, -0.1) is 11.3 Å². The molecule has 120 valence electrons. The van der Waals surface area contributed by atoms with Crippen molar-refractivity contribution in [1.29, 1.82) is 0 Å². The van der Waals surface area contributed by atoms with E-state index in [0.717, 1.165) is 27.8 Å². The Balaban J connectivity index is 1.87. The van der Waals surface area contributed by atoms with Crippen LogP contribution in [0.4, 0.5) is 5.69 Å². The number of rotatable bonds is 3. The van der Waals surface area contributed by atoms with E-state index in [-0.39, 0.29) is 5.63 Å². The monoisotopic (exact) mass is 336 g/mol. The lowest BCUT2D eigenvalue weighted by molar-refractivity contribution is 0.563. The molecule has 5 heteroatoms. The summed E-state index contributed by atoms with van der Waals surface area (Å²) in [6, 6.07) is 15.7. The van der Waals surface area contributed by atoms with Crippen molar-refractivity contribution in [3.8, 4) is 10.6 Å². The Kier molecular flexibility index (Phi) is 3.58. The molecule has 2 heterocycles. The summed E-state index contributed by atoms with van der Waals surface area (Å²) in [7, 11) is 2.01. The summed E-state index contributed by atoms with van der Waals surface area (Å²) in [6.07, 6.45) is 0. The maximum Gasteiger partial charge on any atom is 0.346 e. The van der Waals surface area contributed by atoms with Crippen molar-refractivity contribution >= 4 is 38.2 Å². The average Bonchev–Trinajstić information content (AvgIpc) is 3.03. The molecule has 0 spiro atoms. The van der Waals surface area contributed by atoms with Crippen molar-refractivity contribution in [2.24, 2.45) is 0 Å². The van der Waals surface area contributed by atoms with Gasteiger partial charge < -0.3 is 9.32 Å². The highest BCUT2D eigenvalue weighted by atomic mass is 32.1. The Hall–Kier alpha value is -2.66. The Labute approximate surface area is 143 Å². The van der Waals surface area contributed by atoms with Crippen LogP contribution in [0.1, 0.15) is 6.92 Å². The molecule has 0 bridgehead atoms. The van der Waals surface area contributed by atoms with Crippen molar-refractivity contribution in [1.82, 2.24) is 4.98 Å². The third-order valence-corrected chi connectivity index (χ3v) is 5.23. The molecule has 0 atom stereocenters. The van der Waals surface area contributed by atoms with Crippen LogP contribution in [0.3, 0.4) is 0 Å². The Bertz CT molecular complexity index is 1060. The van der Waals surface area contributed by atoms with E-state index in [1.165, 1.54) is 11.3 Å². The summed E-state index contributed by atoms with van der Waals surface area (Å²) in [6.45, 7) is 2.97. The molecule has 0 amide bonds. The summed E-state index contributed by atoms with van der Waals surface area (Å²) >= 11 is 1.51. The number of para-hydroxylation sites is 1. The first-order valence-corrected chi connectivity index (χ1v) is 8.62. The molecular formula is C19H16N2O2S. The van der Waals surface area contributed by atoms with E-state index in [2.05, 4.69) is 16.8 Å². The lowest BCUT2D eigenvalue weighted by Gasteiger charge is -2.16. The van der Waals surface area contributed by atoms with Crippen molar-refractivity contribution in [3.63, 3.8) is 0 Å². The van der Waals surface area contributed by atoms with Gasteiger partial charge in [-0.05, 0) is 37.3 Å². The maximum absolute atomic E-state index is 12.4. The molecule has 2 aromatic heterocycles. The Morgan fingerprint density at radius 1 is 1.17 bits per heavy atom. The molecule has 0 saturated carbocycles. The van der Waals surface area contributed by atoms with Crippen molar-refractivity contribution in [2.75, 3.05) is 18.5 Å². The fraction of sp³-hybridized carbons (Fsp3) is 0.158. The lowest BCUT2D eigenvalue weighted by atomic mass is 10.1. The fourth-order valence-electron chi connectivity index (χ4n) is 2.66. The molecule has 0 N–H and O–H groups in total. The molecule has 2 aromatic carbocycles. The molecule has 0 aliphatic heterocycles. The van der Waals surface area contributed by atoms with Gasteiger partial charge in [0.05, 0.1) is 15.8 Å². The maximum atomic E-state index is 12.4.